The van der Waals surface area contributed by atoms with Crippen LogP contribution in [0.4, 0.5) is 0 Å². The van der Waals surface area contributed by atoms with Crippen molar-refractivity contribution in [2.75, 3.05) is 6.61 Å². The SMILES string of the molecule is CCCCCCCCCCCCc1ccccc1OS(=O)(=O)O[C@@H]1O[C@H](CO)[C@@H](O)[C@H](O)[C@@H]1O. The number of benzene rings is 1. The van der Waals surface area contributed by atoms with E-state index in [2.05, 4.69) is 6.92 Å². The van der Waals surface area contributed by atoms with Crippen LogP contribution in [0.5, 0.6) is 5.75 Å². The van der Waals surface area contributed by atoms with Gasteiger partial charge in [0.15, 0.2) is 0 Å². The zero-order valence-electron chi connectivity index (χ0n) is 19.9. The monoisotopic (exact) mass is 504 g/mol. The van der Waals surface area contributed by atoms with E-state index < -0.39 is 47.7 Å². The Morgan fingerprint density at radius 2 is 1.44 bits per heavy atom. The van der Waals surface area contributed by atoms with Crippen LogP contribution in [0.25, 0.3) is 0 Å². The number of ether oxygens (including phenoxy) is 1. The van der Waals surface area contributed by atoms with Crippen LogP contribution < -0.4 is 4.18 Å². The average Bonchev–Trinajstić information content (AvgIpc) is 2.81. The molecular weight excluding hydrogens is 464 g/mol. The average molecular weight is 505 g/mol. The summed E-state index contributed by atoms with van der Waals surface area (Å²) in [5.74, 6) is 0.114. The molecule has 1 aromatic carbocycles. The van der Waals surface area contributed by atoms with Gasteiger partial charge >= 0.3 is 10.4 Å². The Morgan fingerprint density at radius 3 is 2.06 bits per heavy atom. The first-order chi connectivity index (χ1) is 16.3. The van der Waals surface area contributed by atoms with Gasteiger partial charge < -0.3 is 29.3 Å². The molecule has 0 saturated carbocycles. The number of hydrogen-bond donors (Lipinski definition) is 4. The fraction of sp³-hybridized carbons (Fsp3) is 0.750. The minimum atomic E-state index is -4.67. The molecule has 0 unspecified atom stereocenters. The number of rotatable bonds is 16. The van der Waals surface area contributed by atoms with Crippen LogP contribution >= 0.6 is 0 Å². The molecule has 0 amide bonds. The second-order valence-corrected chi connectivity index (χ2v) is 10.0. The normalized spacial score (nSPS) is 25.4. The first kappa shape index (κ1) is 29.0. The summed E-state index contributed by atoms with van der Waals surface area (Å²) in [6, 6.07) is 6.73. The lowest BCUT2D eigenvalue weighted by Gasteiger charge is -2.38. The summed E-state index contributed by atoms with van der Waals surface area (Å²) in [7, 11) is -4.67. The highest BCUT2D eigenvalue weighted by molar-refractivity contribution is 7.82. The topological polar surface area (TPSA) is 143 Å². The Kier molecular flexibility index (Phi) is 12.8. The quantitative estimate of drug-likeness (QED) is 0.250. The molecule has 1 aromatic rings. The molecule has 5 atom stereocenters. The Hall–Kier alpha value is -1.27. The molecule has 1 heterocycles. The van der Waals surface area contributed by atoms with E-state index in [1.165, 1.54) is 51.0 Å². The summed E-state index contributed by atoms with van der Waals surface area (Å²) in [6.45, 7) is 1.51. The molecular formula is C24H40O9S. The summed E-state index contributed by atoms with van der Waals surface area (Å²) in [5.41, 5.74) is 0.711. The van der Waals surface area contributed by atoms with Crippen LogP contribution in [-0.2, 0) is 25.7 Å². The van der Waals surface area contributed by atoms with E-state index in [0.29, 0.717) is 12.0 Å². The van der Waals surface area contributed by atoms with Gasteiger partial charge in [0.05, 0.1) is 6.61 Å². The lowest BCUT2D eigenvalue weighted by Crippen LogP contribution is -2.59. The Labute approximate surface area is 203 Å². The van der Waals surface area contributed by atoms with Crippen molar-refractivity contribution in [1.29, 1.82) is 0 Å². The first-order valence-electron chi connectivity index (χ1n) is 12.3. The van der Waals surface area contributed by atoms with Crippen molar-refractivity contribution in [3.05, 3.63) is 29.8 Å². The van der Waals surface area contributed by atoms with Gasteiger partial charge in [-0.2, -0.15) is 8.42 Å². The minimum absolute atomic E-state index is 0.114. The molecule has 10 heteroatoms. The van der Waals surface area contributed by atoms with Gasteiger partial charge in [-0.05, 0) is 24.5 Å². The van der Waals surface area contributed by atoms with Crippen molar-refractivity contribution in [2.24, 2.45) is 0 Å². The smallest absolute Gasteiger partial charge is 0.394 e. The maximum absolute atomic E-state index is 12.4. The number of unbranched alkanes of at least 4 members (excludes halogenated alkanes) is 9. The summed E-state index contributed by atoms with van der Waals surface area (Å²) in [4.78, 5) is 0. The third kappa shape index (κ3) is 9.41. The van der Waals surface area contributed by atoms with E-state index in [0.717, 1.165) is 19.3 Å². The van der Waals surface area contributed by atoms with Crippen LogP contribution in [-0.4, -0.2) is 66.2 Å². The third-order valence-corrected chi connectivity index (χ3v) is 6.83. The molecule has 1 fully saturated rings. The summed E-state index contributed by atoms with van der Waals surface area (Å²) in [6.07, 6.45) is 4.27. The highest BCUT2D eigenvalue weighted by Gasteiger charge is 2.46. The molecule has 0 aromatic heterocycles. The van der Waals surface area contributed by atoms with Crippen LogP contribution in [0.3, 0.4) is 0 Å². The van der Waals surface area contributed by atoms with E-state index in [9.17, 15) is 28.8 Å². The van der Waals surface area contributed by atoms with Gasteiger partial charge in [0.25, 0.3) is 0 Å². The predicted molar refractivity (Wildman–Crippen MR) is 126 cm³/mol. The van der Waals surface area contributed by atoms with E-state index in [4.69, 9.17) is 13.1 Å². The molecule has 9 nitrogen and oxygen atoms in total. The third-order valence-electron chi connectivity index (χ3n) is 6.03. The van der Waals surface area contributed by atoms with Gasteiger partial charge in [-0.3, -0.25) is 0 Å². The maximum Gasteiger partial charge on any atom is 0.451 e. The number of aliphatic hydroxyl groups is 4. The Balaban J connectivity index is 1.82. The van der Waals surface area contributed by atoms with E-state index in [1.807, 2.05) is 0 Å². The minimum Gasteiger partial charge on any atom is -0.394 e. The molecule has 0 radical (unpaired) electrons. The fourth-order valence-electron chi connectivity index (χ4n) is 3.99. The molecule has 1 aliphatic rings. The van der Waals surface area contributed by atoms with Gasteiger partial charge in [-0.15, -0.1) is 0 Å². The van der Waals surface area contributed by atoms with Gasteiger partial charge in [0.1, 0.15) is 30.2 Å². The predicted octanol–water partition coefficient (Wildman–Crippen LogP) is 2.59. The molecule has 2 rings (SSSR count). The number of para-hydroxylation sites is 1. The molecule has 1 aliphatic heterocycles. The second kappa shape index (κ2) is 15.0. The Morgan fingerprint density at radius 1 is 0.853 bits per heavy atom. The van der Waals surface area contributed by atoms with Crippen molar-refractivity contribution < 1.29 is 41.9 Å². The van der Waals surface area contributed by atoms with Crippen LogP contribution in [0, 0.1) is 0 Å². The van der Waals surface area contributed by atoms with Gasteiger partial charge in [-0.25, -0.2) is 4.18 Å². The zero-order valence-corrected chi connectivity index (χ0v) is 20.7. The first-order valence-corrected chi connectivity index (χ1v) is 13.6. The lowest BCUT2D eigenvalue weighted by molar-refractivity contribution is -0.277. The molecule has 0 aliphatic carbocycles. The van der Waals surface area contributed by atoms with Crippen LogP contribution in [0.1, 0.15) is 76.7 Å². The number of aryl methyl sites for hydroxylation is 1. The molecule has 0 bridgehead atoms. The molecule has 34 heavy (non-hydrogen) atoms. The highest BCUT2D eigenvalue weighted by atomic mass is 32.3. The van der Waals surface area contributed by atoms with Crippen molar-refractivity contribution in [1.82, 2.24) is 0 Å². The van der Waals surface area contributed by atoms with Gasteiger partial charge in [0.2, 0.25) is 6.29 Å². The fourth-order valence-corrected chi connectivity index (χ4v) is 4.80. The number of hydrogen-bond acceptors (Lipinski definition) is 9. The lowest BCUT2D eigenvalue weighted by atomic mass is 10.00. The van der Waals surface area contributed by atoms with E-state index in [1.54, 1.807) is 18.2 Å². The molecule has 0 spiro atoms. The Bertz CT molecular complexity index is 799. The summed E-state index contributed by atoms with van der Waals surface area (Å²) in [5, 5.41) is 38.9. The van der Waals surface area contributed by atoms with Crippen LogP contribution in [0.15, 0.2) is 24.3 Å². The maximum atomic E-state index is 12.4. The molecule has 4 N–H and O–H groups in total. The van der Waals surface area contributed by atoms with Gasteiger partial charge in [-0.1, -0.05) is 82.9 Å². The summed E-state index contributed by atoms with van der Waals surface area (Å²) < 4.78 is 39.9. The van der Waals surface area contributed by atoms with E-state index in [-0.39, 0.29) is 5.75 Å². The second-order valence-electron chi connectivity index (χ2n) is 8.82. The van der Waals surface area contributed by atoms with Crippen molar-refractivity contribution >= 4 is 10.4 Å². The van der Waals surface area contributed by atoms with Crippen molar-refractivity contribution in [3.8, 4) is 5.75 Å². The van der Waals surface area contributed by atoms with Crippen molar-refractivity contribution in [2.45, 2.75) is 108 Å². The van der Waals surface area contributed by atoms with E-state index >= 15 is 0 Å². The van der Waals surface area contributed by atoms with Gasteiger partial charge in [0, 0.05) is 0 Å². The molecule has 196 valence electrons. The molecule has 1 saturated heterocycles. The van der Waals surface area contributed by atoms with Crippen LogP contribution in [0.2, 0.25) is 0 Å². The zero-order chi connectivity index (χ0) is 25.0. The highest BCUT2D eigenvalue weighted by Crippen LogP contribution is 2.26. The van der Waals surface area contributed by atoms with Crippen molar-refractivity contribution in [3.63, 3.8) is 0 Å². The number of aliphatic hydroxyl groups excluding tert-OH is 4. The summed E-state index contributed by atoms with van der Waals surface area (Å²) >= 11 is 0. The largest absolute Gasteiger partial charge is 0.451 e. The standard InChI is InChI=1S/C24H40O9S/c1-2-3-4-5-6-7-8-9-10-11-14-18-15-12-13-16-19(18)32-34(29,30)33-24-23(28)22(27)21(26)20(17-25)31-24/h12-13,15-16,20-28H,2-11,14,17H2,1H3/t20-,21-,22+,23+,24+/m1/s1.